The van der Waals surface area contributed by atoms with Crippen LogP contribution in [0.3, 0.4) is 0 Å². The zero-order valence-electron chi connectivity index (χ0n) is 11.4. The molecule has 3 nitrogen and oxygen atoms in total. The summed E-state index contributed by atoms with van der Waals surface area (Å²) in [5.74, 6) is -0.261. The first kappa shape index (κ1) is 14.2. The maximum Gasteiger partial charge on any atom is 0.336 e. The van der Waals surface area contributed by atoms with E-state index < -0.39 is 5.97 Å². The highest BCUT2D eigenvalue weighted by Gasteiger charge is 2.22. The van der Waals surface area contributed by atoms with Gasteiger partial charge in [-0.1, -0.05) is 24.4 Å². The van der Waals surface area contributed by atoms with Crippen LogP contribution in [-0.4, -0.2) is 17.1 Å². The molecule has 0 heterocycles. The van der Waals surface area contributed by atoms with Crippen molar-refractivity contribution >= 4 is 23.3 Å². The molecular weight excluding hydrogens is 262 g/mol. The Hall–Kier alpha value is -1.22. The second-order valence-electron chi connectivity index (χ2n) is 5.41. The third-order valence-electron chi connectivity index (χ3n) is 4.09. The van der Waals surface area contributed by atoms with Crippen LogP contribution in [-0.2, 0) is 0 Å². The van der Waals surface area contributed by atoms with Crippen molar-refractivity contribution in [3.8, 4) is 0 Å². The molecule has 19 heavy (non-hydrogen) atoms. The third kappa shape index (κ3) is 3.21. The minimum absolute atomic E-state index is 0.272. The summed E-state index contributed by atoms with van der Waals surface area (Å²) in [7, 11) is 0. The quantitative estimate of drug-likeness (QED) is 0.863. The molecule has 1 aliphatic rings. The molecule has 1 unspecified atom stereocenters. The van der Waals surface area contributed by atoms with Gasteiger partial charge in [-0.15, -0.1) is 0 Å². The van der Waals surface area contributed by atoms with E-state index >= 15 is 0 Å². The van der Waals surface area contributed by atoms with Crippen LogP contribution in [0.1, 0.15) is 48.5 Å². The highest BCUT2D eigenvalue weighted by molar-refractivity contribution is 6.31. The lowest BCUT2D eigenvalue weighted by Crippen LogP contribution is -2.24. The second-order valence-corrected chi connectivity index (χ2v) is 5.85. The Morgan fingerprint density at radius 3 is 2.63 bits per heavy atom. The summed E-state index contributed by atoms with van der Waals surface area (Å²) in [5, 5.41) is 13.1. The molecule has 0 amide bonds. The Morgan fingerprint density at radius 1 is 1.42 bits per heavy atom. The second kappa shape index (κ2) is 5.83. The maximum absolute atomic E-state index is 11.2. The van der Waals surface area contributed by atoms with Crippen molar-refractivity contribution in [3.63, 3.8) is 0 Å². The fourth-order valence-electron chi connectivity index (χ4n) is 2.87. The first-order valence-corrected chi connectivity index (χ1v) is 7.17. The van der Waals surface area contributed by atoms with E-state index in [4.69, 9.17) is 11.6 Å². The van der Waals surface area contributed by atoms with Gasteiger partial charge in [-0.25, -0.2) is 4.79 Å². The van der Waals surface area contributed by atoms with E-state index in [0.29, 0.717) is 17.0 Å². The predicted octanol–water partition coefficient (Wildman–Crippen LogP) is 4.34. The van der Waals surface area contributed by atoms with Crippen LogP contribution in [0.4, 0.5) is 5.69 Å². The Labute approximate surface area is 119 Å². The van der Waals surface area contributed by atoms with E-state index in [1.807, 2.05) is 13.0 Å². The lowest BCUT2D eigenvalue weighted by atomic mass is 9.98. The van der Waals surface area contributed by atoms with E-state index in [2.05, 4.69) is 12.2 Å². The van der Waals surface area contributed by atoms with Crippen LogP contribution in [0.5, 0.6) is 0 Å². The van der Waals surface area contributed by atoms with E-state index in [0.717, 1.165) is 11.3 Å². The summed E-state index contributed by atoms with van der Waals surface area (Å²) < 4.78 is 0. The predicted molar refractivity (Wildman–Crippen MR) is 78.2 cm³/mol. The Balaban J connectivity index is 2.21. The standard InChI is InChI=1S/C15H20ClNO2/c1-9-13(15(18)19)7-12(16)8-14(9)17-10(2)11-5-3-4-6-11/h7-8,10-11,17H,3-6H2,1-2H3,(H,18,19). The molecule has 1 aliphatic carbocycles. The van der Waals surface area contributed by atoms with Crippen LogP contribution in [0, 0.1) is 12.8 Å². The van der Waals surface area contributed by atoms with Gasteiger partial charge < -0.3 is 10.4 Å². The molecule has 2 N–H and O–H groups in total. The number of anilines is 1. The van der Waals surface area contributed by atoms with Crippen LogP contribution in [0.15, 0.2) is 12.1 Å². The van der Waals surface area contributed by atoms with Gasteiger partial charge in [0.25, 0.3) is 0 Å². The van der Waals surface area contributed by atoms with Crippen molar-refractivity contribution in [2.45, 2.75) is 45.6 Å². The van der Waals surface area contributed by atoms with Gasteiger partial charge in [-0.05, 0) is 50.3 Å². The molecule has 0 radical (unpaired) electrons. The van der Waals surface area contributed by atoms with E-state index in [9.17, 15) is 9.90 Å². The number of hydrogen-bond donors (Lipinski definition) is 2. The Kier molecular flexibility index (Phi) is 4.35. The summed E-state index contributed by atoms with van der Waals surface area (Å²) in [6.07, 6.45) is 5.09. The lowest BCUT2D eigenvalue weighted by Gasteiger charge is -2.23. The summed E-state index contributed by atoms with van der Waals surface area (Å²) in [5.41, 5.74) is 1.86. The molecule has 1 aromatic carbocycles. The van der Waals surface area contributed by atoms with E-state index in [-0.39, 0.29) is 5.56 Å². The smallest absolute Gasteiger partial charge is 0.336 e. The van der Waals surface area contributed by atoms with Crippen molar-refractivity contribution in [1.29, 1.82) is 0 Å². The Morgan fingerprint density at radius 2 is 2.05 bits per heavy atom. The van der Waals surface area contributed by atoms with Gasteiger partial charge in [-0.3, -0.25) is 0 Å². The minimum atomic E-state index is -0.934. The summed E-state index contributed by atoms with van der Waals surface area (Å²) >= 11 is 6.01. The van der Waals surface area contributed by atoms with Crippen molar-refractivity contribution in [3.05, 3.63) is 28.3 Å². The first-order chi connectivity index (χ1) is 8.99. The molecule has 104 valence electrons. The maximum atomic E-state index is 11.2. The molecule has 2 rings (SSSR count). The zero-order valence-corrected chi connectivity index (χ0v) is 12.1. The summed E-state index contributed by atoms with van der Waals surface area (Å²) in [6.45, 7) is 3.99. The van der Waals surface area contributed by atoms with Crippen LogP contribution < -0.4 is 5.32 Å². The number of carboxylic acid groups (broad SMARTS) is 1. The minimum Gasteiger partial charge on any atom is -0.478 e. The molecule has 1 aromatic rings. The molecule has 0 saturated heterocycles. The van der Waals surface area contributed by atoms with Gasteiger partial charge in [0.2, 0.25) is 0 Å². The molecular formula is C15H20ClNO2. The number of aromatic carboxylic acids is 1. The van der Waals surface area contributed by atoms with Crippen molar-refractivity contribution in [2.75, 3.05) is 5.32 Å². The van der Waals surface area contributed by atoms with Crippen LogP contribution in [0.2, 0.25) is 5.02 Å². The number of nitrogens with one attached hydrogen (secondary N) is 1. The lowest BCUT2D eigenvalue weighted by molar-refractivity contribution is 0.0696. The number of hydrogen-bond acceptors (Lipinski definition) is 2. The monoisotopic (exact) mass is 281 g/mol. The molecule has 4 heteroatoms. The fraction of sp³-hybridized carbons (Fsp3) is 0.533. The highest BCUT2D eigenvalue weighted by Crippen LogP contribution is 2.31. The molecule has 0 bridgehead atoms. The summed E-state index contributed by atoms with van der Waals surface area (Å²) in [4.78, 5) is 11.2. The van der Waals surface area contributed by atoms with Crippen LogP contribution >= 0.6 is 11.6 Å². The zero-order chi connectivity index (χ0) is 14.0. The molecule has 1 atom stereocenters. The normalized spacial score (nSPS) is 17.4. The fourth-order valence-corrected chi connectivity index (χ4v) is 3.09. The number of rotatable bonds is 4. The average molecular weight is 282 g/mol. The van der Waals surface area contributed by atoms with Gasteiger partial charge in [-0.2, -0.15) is 0 Å². The Bertz CT molecular complexity index is 481. The highest BCUT2D eigenvalue weighted by atomic mass is 35.5. The number of carbonyl (C=O) groups is 1. The van der Waals surface area contributed by atoms with E-state index in [1.54, 1.807) is 0 Å². The number of benzene rings is 1. The summed E-state index contributed by atoms with van der Waals surface area (Å²) in [6, 6.07) is 3.67. The van der Waals surface area contributed by atoms with Crippen molar-refractivity contribution in [2.24, 2.45) is 5.92 Å². The van der Waals surface area contributed by atoms with Gasteiger partial charge in [0.05, 0.1) is 5.56 Å². The van der Waals surface area contributed by atoms with Gasteiger partial charge in [0, 0.05) is 16.8 Å². The molecule has 1 saturated carbocycles. The topological polar surface area (TPSA) is 49.3 Å². The average Bonchev–Trinajstić information content (AvgIpc) is 2.86. The van der Waals surface area contributed by atoms with Crippen molar-refractivity contribution in [1.82, 2.24) is 0 Å². The van der Waals surface area contributed by atoms with Crippen molar-refractivity contribution < 1.29 is 9.90 Å². The van der Waals surface area contributed by atoms with Gasteiger partial charge >= 0.3 is 5.97 Å². The SMILES string of the molecule is Cc1c(NC(C)C2CCCC2)cc(Cl)cc1C(=O)O. The largest absolute Gasteiger partial charge is 0.478 e. The molecule has 0 aromatic heterocycles. The first-order valence-electron chi connectivity index (χ1n) is 6.79. The number of halogens is 1. The van der Waals surface area contributed by atoms with Gasteiger partial charge in [0.1, 0.15) is 0 Å². The molecule has 0 spiro atoms. The van der Waals surface area contributed by atoms with Crippen LogP contribution in [0.25, 0.3) is 0 Å². The van der Waals surface area contributed by atoms with E-state index in [1.165, 1.54) is 31.7 Å². The third-order valence-corrected chi connectivity index (χ3v) is 4.31. The number of carboxylic acids is 1. The molecule has 1 fully saturated rings. The molecule has 0 aliphatic heterocycles. The van der Waals surface area contributed by atoms with Gasteiger partial charge in [0.15, 0.2) is 0 Å².